The number of halogens is 1. The molecular formula is C20H20BrN7. The van der Waals surface area contributed by atoms with Crippen LogP contribution in [0.2, 0.25) is 0 Å². The summed E-state index contributed by atoms with van der Waals surface area (Å²) in [6.45, 7) is 2.78. The van der Waals surface area contributed by atoms with Crippen LogP contribution in [0.1, 0.15) is 24.1 Å². The number of hydrogen-bond acceptors (Lipinski definition) is 5. The molecule has 8 heteroatoms. The van der Waals surface area contributed by atoms with Crippen LogP contribution in [-0.4, -0.2) is 42.5 Å². The number of alkyl halides is 1. The van der Waals surface area contributed by atoms with Crippen LogP contribution in [0.4, 0.5) is 5.69 Å². The fraction of sp³-hybridized carbons (Fsp3) is 0.300. The maximum absolute atomic E-state index is 4.67. The SMILES string of the molecule is BrCc1ccc2nc(Cn3cc(-c4cncc(N5CCCC5)c4)nn3)cn2c1. The molecule has 7 nitrogen and oxygen atoms in total. The van der Waals surface area contributed by atoms with Crippen molar-refractivity contribution in [3.63, 3.8) is 0 Å². The van der Waals surface area contributed by atoms with Crippen molar-refractivity contribution in [2.75, 3.05) is 18.0 Å². The first-order chi connectivity index (χ1) is 13.8. The van der Waals surface area contributed by atoms with Crippen molar-refractivity contribution in [1.29, 1.82) is 0 Å². The molecule has 28 heavy (non-hydrogen) atoms. The minimum absolute atomic E-state index is 0.581. The molecule has 5 rings (SSSR count). The van der Waals surface area contributed by atoms with Crippen LogP contribution in [0, 0.1) is 0 Å². The van der Waals surface area contributed by atoms with Gasteiger partial charge >= 0.3 is 0 Å². The largest absolute Gasteiger partial charge is 0.370 e. The first kappa shape index (κ1) is 17.4. The van der Waals surface area contributed by atoms with Gasteiger partial charge in [0.15, 0.2) is 0 Å². The van der Waals surface area contributed by atoms with Gasteiger partial charge in [0.1, 0.15) is 11.3 Å². The van der Waals surface area contributed by atoms with E-state index in [4.69, 9.17) is 0 Å². The first-order valence-electron chi connectivity index (χ1n) is 9.41. The molecule has 4 aromatic rings. The zero-order valence-corrected chi connectivity index (χ0v) is 17.0. The number of hydrogen-bond donors (Lipinski definition) is 0. The lowest BCUT2D eigenvalue weighted by molar-refractivity contribution is 0.641. The number of anilines is 1. The van der Waals surface area contributed by atoms with Gasteiger partial charge in [-0.15, -0.1) is 5.10 Å². The second-order valence-electron chi connectivity index (χ2n) is 7.10. The highest BCUT2D eigenvalue weighted by Gasteiger charge is 2.14. The molecule has 1 aliphatic rings. The van der Waals surface area contributed by atoms with Crippen molar-refractivity contribution in [2.24, 2.45) is 0 Å². The lowest BCUT2D eigenvalue weighted by Crippen LogP contribution is -2.17. The van der Waals surface area contributed by atoms with E-state index < -0.39 is 0 Å². The van der Waals surface area contributed by atoms with Crippen molar-refractivity contribution < 1.29 is 0 Å². The van der Waals surface area contributed by atoms with Crippen LogP contribution in [0.15, 0.2) is 49.2 Å². The molecule has 1 aliphatic heterocycles. The Bertz CT molecular complexity index is 1110. The van der Waals surface area contributed by atoms with Crippen molar-refractivity contribution >= 4 is 27.3 Å². The van der Waals surface area contributed by atoms with Gasteiger partial charge < -0.3 is 9.30 Å². The van der Waals surface area contributed by atoms with E-state index in [1.54, 1.807) is 0 Å². The predicted molar refractivity (Wildman–Crippen MR) is 112 cm³/mol. The minimum atomic E-state index is 0.581. The van der Waals surface area contributed by atoms with E-state index >= 15 is 0 Å². The summed E-state index contributed by atoms with van der Waals surface area (Å²) in [5.41, 5.74) is 6.08. The number of pyridine rings is 2. The molecular weight excluding hydrogens is 418 g/mol. The van der Waals surface area contributed by atoms with E-state index in [9.17, 15) is 0 Å². The number of imidazole rings is 1. The van der Waals surface area contributed by atoms with Gasteiger partial charge in [-0.1, -0.05) is 27.2 Å². The Morgan fingerprint density at radius 2 is 1.93 bits per heavy atom. The average molecular weight is 438 g/mol. The van der Waals surface area contributed by atoms with Gasteiger partial charge in [-0.3, -0.25) is 4.98 Å². The van der Waals surface area contributed by atoms with Gasteiger partial charge in [-0.25, -0.2) is 9.67 Å². The van der Waals surface area contributed by atoms with Gasteiger partial charge in [0, 0.05) is 42.6 Å². The highest BCUT2D eigenvalue weighted by atomic mass is 79.9. The Labute approximate surface area is 171 Å². The van der Waals surface area contributed by atoms with Gasteiger partial charge in [0.05, 0.1) is 30.3 Å². The second-order valence-corrected chi connectivity index (χ2v) is 7.66. The lowest BCUT2D eigenvalue weighted by Gasteiger charge is -2.17. The fourth-order valence-corrected chi connectivity index (χ4v) is 3.97. The number of fused-ring (bicyclic) bond motifs is 1. The summed E-state index contributed by atoms with van der Waals surface area (Å²) in [7, 11) is 0. The van der Waals surface area contributed by atoms with Crippen LogP contribution >= 0.6 is 15.9 Å². The Morgan fingerprint density at radius 1 is 1.04 bits per heavy atom. The molecule has 0 radical (unpaired) electrons. The van der Waals surface area contributed by atoms with E-state index in [0.29, 0.717) is 6.54 Å². The summed E-state index contributed by atoms with van der Waals surface area (Å²) < 4.78 is 3.87. The van der Waals surface area contributed by atoms with E-state index in [0.717, 1.165) is 46.7 Å². The van der Waals surface area contributed by atoms with Crippen molar-refractivity contribution in [2.45, 2.75) is 24.7 Å². The first-order valence-corrected chi connectivity index (χ1v) is 10.5. The van der Waals surface area contributed by atoms with Crippen LogP contribution in [0.5, 0.6) is 0 Å². The fourth-order valence-electron chi connectivity index (χ4n) is 3.64. The summed E-state index contributed by atoms with van der Waals surface area (Å²) in [6.07, 6.45) is 12.4. The summed E-state index contributed by atoms with van der Waals surface area (Å²) in [5.74, 6) is 0. The van der Waals surface area contributed by atoms with Crippen LogP contribution in [-0.2, 0) is 11.9 Å². The predicted octanol–water partition coefficient (Wildman–Crippen LogP) is 3.53. The van der Waals surface area contributed by atoms with Crippen LogP contribution in [0.3, 0.4) is 0 Å². The molecule has 0 amide bonds. The highest BCUT2D eigenvalue weighted by Crippen LogP contribution is 2.24. The Hall–Kier alpha value is -2.74. The Kier molecular flexibility index (Phi) is 4.56. The maximum Gasteiger partial charge on any atom is 0.137 e. The van der Waals surface area contributed by atoms with Gasteiger partial charge in [0.2, 0.25) is 0 Å². The van der Waals surface area contributed by atoms with Gasteiger partial charge in [-0.2, -0.15) is 0 Å². The molecule has 0 unspecified atom stereocenters. The van der Waals surface area contributed by atoms with Crippen LogP contribution < -0.4 is 4.90 Å². The third-order valence-corrected chi connectivity index (χ3v) is 5.72. The van der Waals surface area contributed by atoms with Crippen LogP contribution in [0.25, 0.3) is 16.9 Å². The molecule has 5 heterocycles. The smallest absolute Gasteiger partial charge is 0.137 e. The normalized spacial score (nSPS) is 14.2. The molecule has 0 spiro atoms. The summed E-state index contributed by atoms with van der Waals surface area (Å²) in [5, 5.41) is 9.46. The third-order valence-electron chi connectivity index (χ3n) is 5.07. The molecule has 0 bridgehead atoms. The molecule has 142 valence electrons. The molecule has 1 saturated heterocycles. The van der Waals surface area contributed by atoms with Crippen molar-refractivity contribution in [3.8, 4) is 11.3 Å². The van der Waals surface area contributed by atoms with Crippen molar-refractivity contribution in [3.05, 3.63) is 60.4 Å². The highest BCUT2D eigenvalue weighted by molar-refractivity contribution is 9.08. The monoisotopic (exact) mass is 437 g/mol. The Morgan fingerprint density at radius 3 is 2.79 bits per heavy atom. The topological polar surface area (TPSA) is 64.1 Å². The Balaban J connectivity index is 1.37. The maximum atomic E-state index is 4.67. The third kappa shape index (κ3) is 3.40. The summed E-state index contributed by atoms with van der Waals surface area (Å²) >= 11 is 3.49. The summed E-state index contributed by atoms with van der Waals surface area (Å²) in [6, 6.07) is 6.26. The standard InChI is InChI=1S/C20H20BrN7/c21-8-15-3-4-20-23-17(12-27(20)11-15)13-28-14-19(24-25-28)16-7-18(10-22-9-16)26-5-1-2-6-26/h3-4,7,9-12,14H,1-2,5-6,8,13H2. The second kappa shape index (κ2) is 7.35. The molecule has 0 N–H and O–H groups in total. The van der Waals surface area contributed by atoms with Gasteiger partial charge in [0.25, 0.3) is 0 Å². The number of rotatable bonds is 5. The molecule has 4 aromatic heterocycles. The van der Waals surface area contributed by atoms with E-state index in [-0.39, 0.29) is 0 Å². The molecule has 0 aromatic carbocycles. The molecule has 0 saturated carbocycles. The van der Waals surface area contributed by atoms with Gasteiger partial charge in [-0.05, 0) is 30.5 Å². The minimum Gasteiger partial charge on any atom is -0.370 e. The zero-order chi connectivity index (χ0) is 18.9. The van der Waals surface area contributed by atoms with E-state index in [2.05, 4.69) is 59.4 Å². The lowest BCUT2D eigenvalue weighted by atomic mass is 10.2. The van der Waals surface area contributed by atoms with Crippen molar-refractivity contribution in [1.82, 2.24) is 29.4 Å². The molecule has 1 fully saturated rings. The quantitative estimate of drug-likeness (QED) is 0.446. The molecule has 0 atom stereocenters. The summed E-state index contributed by atoms with van der Waals surface area (Å²) in [4.78, 5) is 11.5. The van der Waals surface area contributed by atoms with E-state index in [1.807, 2.05) is 39.9 Å². The molecule has 0 aliphatic carbocycles. The number of nitrogens with zero attached hydrogens (tertiary/aromatic N) is 7. The average Bonchev–Trinajstić information content (AvgIpc) is 3.48. The van der Waals surface area contributed by atoms with E-state index in [1.165, 1.54) is 18.4 Å². The zero-order valence-electron chi connectivity index (χ0n) is 15.4. The number of aromatic nitrogens is 6.